The van der Waals surface area contributed by atoms with Crippen molar-refractivity contribution >= 4 is 0 Å². The molecule has 2 rings (SSSR count). The molecule has 2 heteroatoms. The fraction of sp³-hybridized carbons (Fsp3) is 1.00. The van der Waals surface area contributed by atoms with E-state index in [1.54, 1.807) is 0 Å². The molecule has 0 spiro atoms. The Hall–Kier alpha value is -0.0800. The summed E-state index contributed by atoms with van der Waals surface area (Å²) in [6.07, 6.45) is 14.6. The zero-order valence-corrected chi connectivity index (χ0v) is 15.5. The smallest absolute Gasteiger partial charge is 0.0113 e. The van der Waals surface area contributed by atoms with E-state index < -0.39 is 0 Å². The van der Waals surface area contributed by atoms with Crippen molar-refractivity contribution in [2.75, 3.05) is 33.2 Å². The summed E-state index contributed by atoms with van der Waals surface area (Å²) in [5.74, 6) is 1.88. The van der Waals surface area contributed by atoms with Crippen molar-refractivity contribution < 1.29 is 0 Å². The van der Waals surface area contributed by atoms with E-state index in [1.807, 2.05) is 0 Å². The molecule has 1 aliphatic heterocycles. The molecule has 0 amide bonds. The standard InChI is InChI=1S/C20H40N2/c1-18-9-5-4-6-11-19(2)17-20(12-8-7-10-18)22-15-13-21(3)14-16-22/h18-20H,4-17H2,1-3H3/t18-,19+,20?/m1/s1. The lowest BCUT2D eigenvalue weighted by molar-refractivity contribution is 0.0916. The summed E-state index contributed by atoms with van der Waals surface area (Å²) in [6, 6.07) is 0.861. The second-order valence-corrected chi connectivity index (χ2v) is 8.36. The zero-order chi connectivity index (χ0) is 15.8. The number of piperazine rings is 1. The molecule has 130 valence electrons. The Labute approximate surface area is 139 Å². The monoisotopic (exact) mass is 308 g/mol. The summed E-state index contributed by atoms with van der Waals surface area (Å²) >= 11 is 0. The zero-order valence-electron chi connectivity index (χ0n) is 15.5. The van der Waals surface area contributed by atoms with Crippen LogP contribution in [-0.4, -0.2) is 49.1 Å². The first-order chi connectivity index (χ1) is 10.6. The molecule has 1 aliphatic carbocycles. The van der Waals surface area contributed by atoms with Crippen molar-refractivity contribution in [3.8, 4) is 0 Å². The van der Waals surface area contributed by atoms with E-state index in [2.05, 4.69) is 30.7 Å². The maximum Gasteiger partial charge on any atom is 0.0113 e. The van der Waals surface area contributed by atoms with Crippen LogP contribution in [0.5, 0.6) is 0 Å². The minimum absolute atomic E-state index is 0.861. The highest BCUT2D eigenvalue weighted by Crippen LogP contribution is 2.25. The average molecular weight is 309 g/mol. The van der Waals surface area contributed by atoms with Gasteiger partial charge in [0.1, 0.15) is 0 Å². The lowest BCUT2D eigenvalue weighted by atomic mass is 9.92. The topological polar surface area (TPSA) is 6.48 Å². The highest BCUT2D eigenvalue weighted by molar-refractivity contribution is 4.79. The Morgan fingerprint density at radius 3 is 1.86 bits per heavy atom. The lowest BCUT2D eigenvalue weighted by Crippen LogP contribution is -2.49. The Balaban J connectivity index is 1.87. The predicted molar refractivity (Wildman–Crippen MR) is 97.4 cm³/mol. The molecule has 2 fully saturated rings. The van der Waals surface area contributed by atoms with Crippen molar-refractivity contribution in [2.45, 2.75) is 84.1 Å². The van der Waals surface area contributed by atoms with Crippen molar-refractivity contribution in [1.29, 1.82) is 0 Å². The number of rotatable bonds is 1. The van der Waals surface area contributed by atoms with E-state index in [4.69, 9.17) is 0 Å². The van der Waals surface area contributed by atoms with Gasteiger partial charge in [-0.25, -0.2) is 0 Å². The van der Waals surface area contributed by atoms with Crippen molar-refractivity contribution in [2.24, 2.45) is 11.8 Å². The van der Waals surface area contributed by atoms with E-state index in [-0.39, 0.29) is 0 Å². The highest BCUT2D eigenvalue weighted by atomic mass is 15.3. The van der Waals surface area contributed by atoms with Crippen LogP contribution in [0.25, 0.3) is 0 Å². The molecule has 1 saturated carbocycles. The molecule has 0 N–H and O–H groups in total. The molecule has 2 nitrogen and oxygen atoms in total. The number of likely N-dealkylation sites (N-methyl/N-ethyl adjacent to an activating group) is 1. The van der Waals surface area contributed by atoms with Gasteiger partial charge in [-0.15, -0.1) is 0 Å². The van der Waals surface area contributed by atoms with Gasteiger partial charge in [0, 0.05) is 32.2 Å². The van der Waals surface area contributed by atoms with Crippen LogP contribution in [-0.2, 0) is 0 Å². The van der Waals surface area contributed by atoms with Gasteiger partial charge in [0.05, 0.1) is 0 Å². The van der Waals surface area contributed by atoms with Gasteiger partial charge in [-0.3, -0.25) is 4.90 Å². The summed E-state index contributed by atoms with van der Waals surface area (Å²) in [5, 5.41) is 0. The summed E-state index contributed by atoms with van der Waals surface area (Å²) in [4.78, 5) is 5.31. The average Bonchev–Trinajstić information content (AvgIpc) is 2.51. The predicted octanol–water partition coefficient (Wildman–Crippen LogP) is 4.79. The van der Waals surface area contributed by atoms with Crippen LogP contribution in [0.15, 0.2) is 0 Å². The maximum atomic E-state index is 2.82. The minimum Gasteiger partial charge on any atom is -0.304 e. The first kappa shape index (κ1) is 18.3. The fourth-order valence-corrected chi connectivity index (χ4v) is 4.40. The van der Waals surface area contributed by atoms with Gasteiger partial charge in [0.25, 0.3) is 0 Å². The van der Waals surface area contributed by atoms with Crippen LogP contribution >= 0.6 is 0 Å². The molecule has 3 atom stereocenters. The van der Waals surface area contributed by atoms with Crippen molar-refractivity contribution in [3.63, 3.8) is 0 Å². The second kappa shape index (κ2) is 9.93. The highest BCUT2D eigenvalue weighted by Gasteiger charge is 2.24. The first-order valence-electron chi connectivity index (χ1n) is 10.1. The van der Waals surface area contributed by atoms with E-state index in [1.165, 1.54) is 90.4 Å². The molecule has 0 bridgehead atoms. The molecular weight excluding hydrogens is 268 g/mol. The summed E-state index contributed by atoms with van der Waals surface area (Å²) in [7, 11) is 2.27. The second-order valence-electron chi connectivity index (χ2n) is 8.36. The maximum absolute atomic E-state index is 2.82. The largest absolute Gasteiger partial charge is 0.304 e. The van der Waals surface area contributed by atoms with Crippen molar-refractivity contribution in [3.05, 3.63) is 0 Å². The van der Waals surface area contributed by atoms with E-state index in [9.17, 15) is 0 Å². The van der Waals surface area contributed by atoms with Gasteiger partial charge in [-0.1, -0.05) is 65.2 Å². The molecule has 1 heterocycles. The molecule has 0 aromatic rings. The molecule has 1 saturated heterocycles. The van der Waals surface area contributed by atoms with Gasteiger partial charge in [0.2, 0.25) is 0 Å². The summed E-state index contributed by atoms with van der Waals surface area (Å²) in [6.45, 7) is 10.1. The van der Waals surface area contributed by atoms with Crippen LogP contribution in [0.1, 0.15) is 78.1 Å². The molecule has 0 radical (unpaired) electrons. The SMILES string of the molecule is C[C@@H]1CCCCC[C@H](C)CC(N2CCN(C)CC2)CCCC1. The minimum atomic E-state index is 0.861. The Kier molecular flexibility index (Phi) is 8.24. The van der Waals surface area contributed by atoms with Crippen LogP contribution in [0.3, 0.4) is 0 Å². The van der Waals surface area contributed by atoms with Gasteiger partial charge in [-0.2, -0.15) is 0 Å². The van der Waals surface area contributed by atoms with Gasteiger partial charge >= 0.3 is 0 Å². The fourth-order valence-electron chi connectivity index (χ4n) is 4.40. The van der Waals surface area contributed by atoms with Crippen LogP contribution in [0.2, 0.25) is 0 Å². The van der Waals surface area contributed by atoms with E-state index >= 15 is 0 Å². The molecule has 22 heavy (non-hydrogen) atoms. The summed E-state index contributed by atoms with van der Waals surface area (Å²) in [5.41, 5.74) is 0. The van der Waals surface area contributed by atoms with E-state index in [0.29, 0.717) is 0 Å². The number of hydrogen-bond acceptors (Lipinski definition) is 2. The van der Waals surface area contributed by atoms with E-state index in [0.717, 1.165) is 17.9 Å². The normalized spacial score (nSPS) is 35.3. The van der Waals surface area contributed by atoms with Crippen LogP contribution in [0.4, 0.5) is 0 Å². The Morgan fingerprint density at radius 1 is 0.636 bits per heavy atom. The molecular formula is C20H40N2. The molecule has 1 unspecified atom stereocenters. The van der Waals surface area contributed by atoms with Crippen LogP contribution in [0, 0.1) is 11.8 Å². The third kappa shape index (κ3) is 6.58. The van der Waals surface area contributed by atoms with Crippen molar-refractivity contribution in [1.82, 2.24) is 9.80 Å². The van der Waals surface area contributed by atoms with Gasteiger partial charge < -0.3 is 4.90 Å². The quantitative estimate of drug-likeness (QED) is 0.687. The number of nitrogens with zero attached hydrogens (tertiary/aromatic N) is 2. The third-order valence-corrected chi connectivity index (χ3v) is 6.11. The Morgan fingerprint density at radius 2 is 1.18 bits per heavy atom. The summed E-state index contributed by atoms with van der Waals surface area (Å²) < 4.78 is 0. The molecule has 0 aromatic carbocycles. The Bertz CT molecular complexity index is 283. The van der Waals surface area contributed by atoms with Crippen LogP contribution < -0.4 is 0 Å². The third-order valence-electron chi connectivity index (χ3n) is 6.11. The molecule has 2 aliphatic rings. The lowest BCUT2D eigenvalue weighted by Gasteiger charge is -2.39. The first-order valence-corrected chi connectivity index (χ1v) is 10.1. The van der Waals surface area contributed by atoms with Gasteiger partial charge in [-0.05, 0) is 31.7 Å². The number of hydrogen-bond donors (Lipinski definition) is 0. The van der Waals surface area contributed by atoms with Gasteiger partial charge in [0.15, 0.2) is 0 Å². The molecule has 0 aromatic heterocycles.